The van der Waals surface area contributed by atoms with Gasteiger partial charge in [-0.05, 0) is 38.0 Å². The van der Waals surface area contributed by atoms with Crippen LogP contribution < -0.4 is 16.2 Å². The molecule has 7 nitrogen and oxygen atoms in total. The lowest BCUT2D eigenvalue weighted by Gasteiger charge is -2.22. The highest BCUT2D eigenvalue weighted by Gasteiger charge is 2.17. The summed E-state index contributed by atoms with van der Waals surface area (Å²) in [5, 5.41) is 9.73. The number of hydrogen-bond acceptors (Lipinski definition) is 4. The maximum absolute atomic E-state index is 12.4. The number of rotatable bonds is 5. The predicted molar refractivity (Wildman–Crippen MR) is 103 cm³/mol. The molecule has 0 aliphatic heterocycles. The zero-order valence-electron chi connectivity index (χ0n) is 15.4. The van der Waals surface area contributed by atoms with Gasteiger partial charge in [0.2, 0.25) is 5.91 Å². The fourth-order valence-electron chi connectivity index (χ4n) is 3.17. The predicted octanol–water partition coefficient (Wildman–Crippen LogP) is 2.25. The van der Waals surface area contributed by atoms with Crippen LogP contribution in [-0.4, -0.2) is 27.6 Å². The summed E-state index contributed by atoms with van der Waals surface area (Å²) in [6.45, 7) is 1.77. The first-order valence-electron chi connectivity index (χ1n) is 9.27. The van der Waals surface area contributed by atoms with E-state index in [-0.39, 0.29) is 24.2 Å². The standard InChI is InChI=1S/C20H24N4O3/c1-14-7-9-16(10-8-14)22-20(27)17-11-12-19(26)24(23-17)13-18(25)21-15-5-3-2-4-6-15/h7-12,15H,2-6,13H2,1H3,(H,21,25)(H,22,27). The third kappa shape index (κ3) is 5.26. The van der Waals surface area contributed by atoms with Crippen LogP contribution in [0.3, 0.4) is 0 Å². The van der Waals surface area contributed by atoms with Crippen molar-refractivity contribution < 1.29 is 9.59 Å². The average Bonchev–Trinajstić information content (AvgIpc) is 2.66. The van der Waals surface area contributed by atoms with Crippen molar-refractivity contribution >= 4 is 17.5 Å². The Morgan fingerprint density at radius 2 is 1.78 bits per heavy atom. The number of nitrogens with zero attached hydrogens (tertiary/aromatic N) is 2. The average molecular weight is 368 g/mol. The summed E-state index contributed by atoms with van der Waals surface area (Å²) in [5.41, 5.74) is 1.39. The number of carbonyl (C=O) groups is 2. The summed E-state index contributed by atoms with van der Waals surface area (Å²) in [5.74, 6) is -0.687. The fraction of sp³-hybridized carbons (Fsp3) is 0.400. The molecule has 27 heavy (non-hydrogen) atoms. The maximum atomic E-state index is 12.4. The first-order valence-corrected chi connectivity index (χ1v) is 9.27. The molecule has 2 amide bonds. The number of aryl methyl sites for hydroxylation is 1. The Morgan fingerprint density at radius 3 is 2.48 bits per heavy atom. The van der Waals surface area contributed by atoms with Gasteiger partial charge in [0.25, 0.3) is 11.5 Å². The highest BCUT2D eigenvalue weighted by Crippen LogP contribution is 2.17. The van der Waals surface area contributed by atoms with E-state index in [4.69, 9.17) is 0 Å². The van der Waals surface area contributed by atoms with E-state index in [2.05, 4.69) is 15.7 Å². The SMILES string of the molecule is Cc1ccc(NC(=O)c2ccc(=O)n(CC(=O)NC3CCCCC3)n2)cc1. The largest absolute Gasteiger partial charge is 0.352 e. The monoisotopic (exact) mass is 368 g/mol. The second-order valence-electron chi connectivity index (χ2n) is 6.94. The molecule has 0 bridgehead atoms. The lowest BCUT2D eigenvalue weighted by molar-refractivity contribution is -0.122. The molecule has 0 spiro atoms. The molecule has 1 saturated carbocycles. The van der Waals surface area contributed by atoms with Crippen LogP contribution >= 0.6 is 0 Å². The van der Waals surface area contributed by atoms with Gasteiger partial charge in [-0.3, -0.25) is 14.4 Å². The van der Waals surface area contributed by atoms with Gasteiger partial charge in [-0.2, -0.15) is 5.10 Å². The van der Waals surface area contributed by atoms with Crippen molar-refractivity contribution in [2.45, 2.75) is 51.6 Å². The number of nitrogens with one attached hydrogen (secondary N) is 2. The van der Waals surface area contributed by atoms with Gasteiger partial charge >= 0.3 is 0 Å². The first-order chi connectivity index (χ1) is 13.0. The van der Waals surface area contributed by atoms with Gasteiger partial charge in [-0.25, -0.2) is 4.68 Å². The molecule has 0 radical (unpaired) electrons. The number of benzene rings is 1. The quantitative estimate of drug-likeness (QED) is 0.846. The molecular formula is C20H24N4O3. The minimum Gasteiger partial charge on any atom is -0.352 e. The molecule has 2 N–H and O–H groups in total. The Bertz CT molecular complexity index is 868. The van der Waals surface area contributed by atoms with Crippen LogP contribution in [-0.2, 0) is 11.3 Å². The van der Waals surface area contributed by atoms with Gasteiger partial charge in [0.1, 0.15) is 12.2 Å². The molecule has 142 valence electrons. The Morgan fingerprint density at radius 1 is 1.07 bits per heavy atom. The van der Waals surface area contributed by atoms with Crippen molar-refractivity contribution in [1.29, 1.82) is 0 Å². The van der Waals surface area contributed by atoms with E-state index in [0.29, 0.717) is 5.69 Å². The molecular weight excluding hydrogens is 344 g/mol. The van der Waals surface area contributed by atoms with Gasteiger partial charge in [-0.15, -0.1) is 0 Å². The topological polar surface area (TPSA) is 93.1 Å². The summed E-state index contributed by atoms with van der Waals surface area (Å²) >= 11 is 0. The summed E-state index contributed by atoms with van der Waals surface area (Å²) in [4.78, 5) is 36.6. The summed E-state index contributed by atoms with van der Waals surface area (Å²) in [6, 6.07) is 10.1. The fourth-order valence-corrected chi connectivity index (χ4v) is 3.17. The third-order valence-electron chi connectivity index (χ3n) is 4.67. The van der Waals surface area contributed by atoms with Crippen LogP contribution in [0.1, 0.15) is 48.2 Å². The smallest absolute Gasteiger partial charge is 0.276 e. The molecule has 1 aliphatic rings. The molecule has 2 aromatic rings. The lowest BCUT2D eigenvalue weighted by atomic mass is 9.95. The van der Waals surface area contributed by atoms with Crippen molar-refractivity contribution in [2.24, 2.45) is 0 Å². The summed E-state index contributed by atoms with van der Waals surface area (Å²) in [6.07, 6.45) is 5.35. The van der Waals surface area contributed by atoms with Crippen LogP contribution in [0, 0.1) is 6.92 Å². The van der Waals surface area contributed by atoms with Crippen LogP contribution in [0.15, 0.2) is 41.2 Å². The highest BCUT2D eigenvalue weighted by atomic mass is 16.2. The summed E-state index contributed by atoms with van der Waals surface area (Å²) in [7, 11) is 0. The van der Waals surface area contributed by atoms with E-state index >= 15 is 0 Å². The Hall–Kier alpha value is -2.96. The zero-order valence-corrected chi connectivity index (χ0v) is 15.4. The second kappa shape index (κ2) is 8.62. The Balaban J connectivity index is 1.66. The van der Waals surface area contributed by atoms with E-state index in [1.165, 1.54) is 18.6 Å². The van der Waals surface area contributed by atoms with Crippen molar-refractivity contribution in [3.8, 4) is 0 Å². The van der Waals surface area contributed by atoms with E-state index in [1.807, 2.05) is 19.1 Å². The number of anilines is 1. The van der Waals surface area contributed by atoms with Crippen molar-refractivity contribution in [3.05, 3.63) is 58.0 Å². The Labute approximate surface area is 157 Å². The van der Waals surface area contributed by atoms with Crippen LogP contribution in [0.4, 0.5) is 5.69 Å². The van der Waals surface area contributed by atoms with E-state index in [1.54, 1.807) is 12.1 Å². The molecule has 7 heteroatoms. The maximum Gasteiger partial charge on any atom is 0.276 e. The molecule has 1 aromatic heterocycles. The van der Waals surface area contributed by atoms with Crippen molar-refractivity contribution in [3.63, 3.8) is 0 Å². The highest BCUT2D eigenvalue weighted by molar-refractivity contribution is 6.02. The van der Waals surface area contributed by atoms with Gasteiger partial charge in [-0.1, -0.05) is 37.0 Å². The molecule has 3 rings (SSSR count). The van der Waals surface area contributed by atoms with E-state index < -0.39 is 11.5 Å². The number of carbonyl (C=O) groups excluding carboxylic acids is 2. The number of aromatic nitrogens is 2. The molecule has 1 fully saturated rings. The number of amides is 2. The zero-order chi connectivity index (χ0) is 19.2. The first kappa shape index (κ1) is 18.8. The normalized spacial score (nSPS) is 14.6. The van der Waals surface area contributed by atoms with Crippen molar-refractivity contribution in [2.75, 3.05) is 5.32 Å². The van der Waals surface area contributed by atoms with Gasteiger partial charge in [0.05, 0.1) is 0 Å². The molecule has 1 heterocycles. The van der Waals surface area contributed by atoms with E-state index in [0.717, 1.165) is 35.9 Å². The third-order valence-corrected chi connectivity index (χ3v) is 4.67. The molecule has 0 unspecified atom stereocenters. The molecule has 0 atom stereocenters. The van der Waals surface area contributed by atoms with Gasteiger partial charge < -0.3 is 10.6 Å². The molecule has 0 saturated heterocycles. The summed E-state index contributed by atoms with van der Waals surface area (Å²) < 4.78 is 1.03. The molecule has 1 aliphatic carbocycles. The molecule has 1 aromatic carbocycles. The lowest BCUT2D eigenvalue weighted by Crippen LogP contribution is -2.40. The Kier molecular flexibility index (Phi) is 6.01. The van der Waals surface area contributed by atoms with Crippen LogP contribution in [0.2, 0.25) is 0 Å². The van der Waals surface area contributed by atoms with Gasteiger partial charge in [0, 0.05) is 17.8 Å². The van der Waals surface area contributed by atoms with Gasteiger partial charge in [0.15, 0.2) is 0 Å². The minimum atomic E-state index is -0.430. The van der Waals surface area contributed by atoms with Crippen LogP contribution in [0.25, 0.3) is 0 Å². The van der Waals surface area contributed by atoms with Crippen LogP contribution in [0.5, 0.6) is 0 Å². The second-order valence-corrected chi connectivity index (χ2v) is 6.94. The minimum absolute atomic E-state index is 0.0839. The van der Waals surface area contributed by atoms with E-state index in [9.17, 15) is 14.4 Å². The number of hydrogen-bond donors (Lipinski definition) is 2. The van der Waals surface area contributed by atoms with Crippen molar-refractivity contribution in [1.82, 2.24) is 15.1 Å².